The molecule has 0 aliphatic heterocycles. The van der Waals surface area contributed by atoms with E-state index in [0.29, 0.717) is 6.42 Å². The van der Waals surface area contributed by atoms with Crippen LogP contribution < -0.4 is 10.6 Å². The van der Waals surface area contributed by atoms with Crippen LogP contribution in [-0.4, -0.2) is 30.0 Å². The van der Waals surface area contributed by atoms with Gasteiger partial charge in [0.05, 0.1) is 0 Å². The Morgan fingerprint density at radius 3 is 1.95 bits per heavy atom. The third-order valence-corrected chi connectivity index (χ3v) is 2.32. The van der Waals surface area contributed by atoms with E-state index in [2.05, 4.69) is 24.5 Å². The Labute approximate surface area is 134 Å². The summed E-state index contributed by atoms with van der Waals surface area (Å²) in [5.41, 5.74) is 0.866. The fourth-order valence-electron chi connectivity index (χ4n) is 1.50. The minimum Gasteiger partial charge on any atom is -0.508 e. The van der Waals surface area contributed by atoms with Gasteiger partial charge < -0.3 is 15.7 Å². The van der Waals surface area contributed by atoms with E-state index in [9.17, 15) is 9.59 Å². The molecule has 0 spiro atoms. The Kier molecular flexibility index (Phi) is 14.1. The van der Waals surface area contributed by atoms with E-state index in [1.165, 1.54) is 20.4 Å². The lowest BCUT2D eigenvalue weighted by atomic mass is 10.1. The van der Waals surface area contributed by atoms with Gasteiger partial charge in [0.2, 0.25) is 11.8 Å². The molecule has 126 valence electrons. The predicted molar refractivity (Wildman–Crippen MR) is 90.8 cm³/mol. The smallest absolute Gasteiger partial charge is 0.242 e. The predicted octanol–water partition coefficient (Wildman–Crippen LogP) is 2.63. The minimum absolute atomic E-state index is 0.171. The molecule has 0 radical (unpaired) electrons. The normalized spacial score (nSPS) is 10.1. The van der Waals surface area contributed by atoms with Gasteiger partial charge in [-0.25, -0.2) is 0 Å². The van der Waals surface area contributed by atoms with Crippen molar-refractivity contribution >= 4 is 11.8 Å². The Morgan fingerprint density at radius 1 is 1.14 bits per heavy atom. The summed E-state index contributed by atoms with van der Waals surface area (Å²) in [7, 11) is 1.52. The number of hydrogen-bond acceptors (Lipinski definition) is 3. The molecule has 1 rings (SSSR count). The summed E-state index contributed by atoms with van der Waals surface area (Å²) >= 11 is 0. The molecule has 2 amide bonds. The number of phenolic OH excluding ortho intramolecular Hbond substituents is 1. The minimum atomic E-state index is -0.595. The Morgan fingerprint density at radius 2 is 1.59 bits per heavy atom. The van der Waals surface area contributed by atoms with Crippen molar-refractivity contribution in [2.75, 3.05) is 7.05 Å². The van der Waals surface area contributed by atoms with Crippen LogP contribution in [0.15, 0.2) is 24.3 Å². The lowest BCUT2D eigenvalue weighted by molar-refractivity contribution is -0.127. The fraction of sp³-hybridized carbons (Fsp3) is 0.529. The Balaban J connectivity index is 0. The molecule has 0 fully saturated rings. The van der Waals surface area contributed by atoms with Crippen molar-refractivity contribution in [3.05, 3.63) is 29.8 Å². The van der Waals surface area contributed by atoms with Gasteiger partial charge in [0.15, 0.2) is 0 Å². The van der Waals surface area contributed by atoms with Crippen molar-refractivity contribution in [2.45, 2.75) is 53.5 Å². The maximum Gasteiger partial charge on any atom is 0.242 e. The largest absolute Gasteiger partial charge is 0.508 e. The summed E-state index contributed by atoms with van der Waals surface area (Å²) in [5.74, 6) is -0.324. The van der Waals surface area contributed by atoms with E-state index in [-0.39, 0.29) is 17.6 Å². The molecular formula is C17H30N2O3. The number of rotatable bonds is 4. The molecule has 1 unspecified atom stereocenters. The molecule has 0 saturated heterocycles. The van der Waals surface area contributed by atoms with Crippen molar-refractivity contribution in [2.24, 2.45) is 0 Å². The fourth-order valence-corrected chi connectivity index (χ4v) is 1.50. The van der Waals surface area contributed by atoms with E-state index in [0.717, 1.165) is 5.56 Å². The maximum absolute atomic E-state index is 11.5. The highest BCUT2D eigenvalue weighted by Crippen LogP contribution is 2.11. The van der Waals surface area contributed by atoms with E-state index < -0.39 is 6.04 Å². The van der Waals surface area contributed by atoms with Crippen molar-refractivity contribution in [1.82, 2.24) is 10.6 Å². The number of hydrogen-bond donors (Lipinski definition) is 3. The first-order chi connectivity index (χ1) is 10.4. The van der Waals surface area contributed by atoms with Gasteiger partial charge in [0.1, 0.15) is 11.8 Å². The maximum atomic E-state index is 11.5. The zero-order valence-corrected chi connectivity index (χ0v) is 14.6. The van der Waals surface area contributed by atoms with Crippen LogP contribution in [-0.2, 0) is 16.0 Å². The quantitative estimate of drug-likeness (QED) is 0.800. The van der Waals surface area contributed by atoms with Gasteiger partial charge in [-0.2, -0.15) is 0 Å². The number of aromatic hydroxyl groups is 1. The van der Waals surface area contributed by atoms with Crippen LogP contribution in [0.25, 0.3) is 0 Å². The number of phenols is 1. The van der Waals surface area contributed by atoms with Crippen LogP contribution in [0, 0.1) is 0 Å². The molecule has 0 saturated carbocycles. The highest BCUT2D eigenvalue weighted by molar-refractivity contribution is 5.86. The second-order valence-electron chi connectivity index (χ2n) is 4.45. The Bertz CT molecular complexity index is 416. The second kappa shape index (κ2) is 13.9. The van der Waals surface area contributed by atoms with E-state index in [1.807, 2.05) is 13.8 Å². The van der Waals surface area contributed by atoms with Gasteiger partial charge >= 0.3 is 0 Å². The molecule has 22 heavy (non-hydrogen) atoms. The topological polar surface area (TPSA) is 78.4 Å². The van der Waals surface area contributed by atoms with E-state index in [1.54, 1.807) is 24.3 Å². The number of nitrogens with one attached hydrogen (secondary N) is 2. The third kappa shape index (κ3) is 10.7. The van der Waals surface area contributed by atoms with Crippen molar-refractivity contribution < 1.29 is 14.7 Å². The average molecular weight is 310 g/mol. The van der Waals surface area contributed by atoms with Crippen LogP contribution in [0.1, 0.15) is 46.6 Å². The Hall–Kier alpha value is -2.04. The number of likely N-dealkylation sites (N-methyl/N-ethyl adjacent to an activating group) is 1. The monoisotopic (exact) mass is 310 g/mol. The molecule has 0 heterocycles. The number of carbonyl (C=O) groups excluding carboxylic acids is 2. The summed E-state index contributed by atoms with van der Waals surface area (Å²) in [6, 6.07) is 5.93. The van der Waals surface area contributed by atoms with Crippen molar-refractivity contribution in [3.8, 4) is 5.75 Å². The lowest BCUT2D eigenvalue weighted by Crippen LogP contribution is -2.46. The van der Waals surface area contributed by atoms with Crippen LogP contribution in [0.3, 0.4) is 0 Å². The first-order valence-electron chi connectivity index (χ1n) is 7.71. The van der Waals surface area contributed by atoms with Crippen LogP contribution in [0.5, 0.6) is 5.75 Å². The van der Waals surface area contributed by atoms with Gasteiger partial charge in [-0.15, -0.1) is 0 Å². The van der Waals surface area contributed by atoms with Gasteiger partial charge in [-0.05, 0) is 17.7 Å². The zero-order chi connectivity index (χ0) is 17.5. The summed E-state index contributed by atoms with van der Waals surface area (Å²) in [4.78, 5) is 22.5. The third-order valence-electron chi connectivity index (χ3n) is 2.32. The molecule has 0 aliphatic rings. The first kappa shape index (κ1) is 22.2. The first-order valence-corrected chi connectivity index (χ1v) is 7.71. The van der Waals surface area contributed by atoms with Gasteiger partial charge in [-0.1, -0.05) is 46.2 Å². The van der Waals surface area contributed by atoms with Gasteiger partial charge in [-0.3, -0.25) is 9.59 Å². The van der Waals surface area contributed by atoms with Crippen LogP contribution in [0.2, 0.25) is 0 Å². The van der Waals surface area contributed by atoms with Crippen molar-refractivity contribution in [1.29, 1.82) is 0 Å². The summed E-state index contributed by atoms with van der Waals surface area (Å²) in [6.45, 7) is 9.62. The van der Waals surface area contributed by atoms with Gasteiger partial charge in [0.25, 0.3) is 0 Å². The molecule has 1 atom stereocenters. The summed E-state index contributed by atoms with van der Waals surface area (Å²) < 4.78 is 0. The average Bonchev–Trinajstić information content (AvgIpc) is 2.50. The molecular weight excluding hydrogens is 280 g/mol. The molecule has 0 aliphatic carbocycles. The lowest BCUT2D eigenvalue weighted by Gasteiger charge is -2.16. The van der Waals surface area contributed by atoms with Gasteiger partial charge in [0, 0.05) is 20.4 Å². The molecule has 1 aromatic rings. The second-order valence-corrected chi connectivity index (χ2v) is 4.45. The highest BCUT2D eigenvalue weighted by atomic mass is 16.3. The molecule has 5 nitrogen and oxygen atoms in total. The molecule has 3 N–H and O–H groups in total. The number of amides is 2. The van der Waals surface area contributed by atoms with E-state index >= 15 is 0 Å². The molecule has 0 bridgehead atoms. The number of benzene rings is 1. The van der Waals surface area contributed by atoms with Crippen LogP contribution in [0.4, 0.5) is 0 Å². The van der Waals surface area contributed by atoms with Crippen molar-refractivity contribution in [3.63, 3.8) is 0 Å². The molecule has 1 aromatic carbocycles. The summed E-state index contributed by atoms with van der Waals surface area (Å²) in [6.07, 6.45) is 1.64. The SMILES string of the molecule is CC.CCC.CNC(=O)C(Cc1ccc(O)cc1)NC(C)=O. The van der Waals surface area contributed by atoms with E-state index in [4.69, 9.17) is 5.11 Å². The molecule has 0 aromatic heterocycles. The highest BCUT2D eigenvalue weighted by Gasteiger charge is 2.18. The standard InChI is InChI=1S/C12H16N2O3.C3H8.C2H6/c1-8(15)14-11(12(17)13-2)7-9-3-5-10(16)6-4-9;1-3-2;1-2/h3-6,11,16H,7H2,1-2H3,(H,13,17)(H,14,15);3H2,1-2H3;1-2H3. The van der Waals surface area contributed by atoms with Crippen LogP contribution >= 0.6 is 0 Å². The number of carbonyl (C=O) groups is 2. The zero-order valence-electron chi connectivity index (χ0n) is 14.6. The molecule has 5 heteroatoms. The summed E-state index contributed by atoms with van der Waals surface area (Å²) in [5, 5.41) is 14.2.